The number of rotatable bonds is 8. The summed E-state index contributed by atoms with van der Waals surface area (Å²) in [6, 6.07) is 5.09. The van der Waals surface area contributed by atoms with Crippen LogP contribution in [0.2, 0.25) is 0 Å². The number of ether oxygens (including phenoxy) is 3. The number of nitrogens with zero attached hydrogens (tertiary/aromatic N) is 1. The smallest absolute Gasteiger partial charge is 0.505 e. The molecule has 1 aliphatic rings. The van der Waals surface area contributed by atoms with Crippen molar-refractivity contribution >= 4 is 37.5 Å². The van der Waals surface area contributed by atoms with Crippen LogP contribution in [-0.2, 0) is 14.8 Å². The Balaban J connectivity index is 2.08. The third kappa shape index (κ3) is 6.30. The zero-order valence-electron chi connectivity index (χ0n) is 18.6. The molecule has 9 nitrogen and oxygen atoms in total. The normalized spacial score (nSPS) is 16.3. The van der Waals surface area contributed by atoms with Crippen molar-refractivity contribution in [2.45, 2.75) is 30.1 Å². The van der Waals surface area contributed by atoms with Gasteiger partial charge < -0.3 is 24.2 Å². The SMILES string of the molecule is COC[C@@H]1CCCN1C(=O)c1cc(OC(F)(F)F)cc(NS(=O)(=O)c2cc(Br)ccc2OC)c1O. The number of aromatic hydroxyl groups is 1. The van der Waals surface area contributed by atoms with E-state index in [2.05, 4.69) is 20.7 Å². The molecular weight excluding hydrogens is 561 g/mol. The lowest BCUT2D eigenvalue weighted by molar-refractivity contribution is -0.274. The molecule has 2 N–H and O–H groups in total. The van der Waals surface area contributed by atoms with Crippen molar-refractivity contribution in [3.05, 3.63) is 40.4 Å². The van der Waals surface area contributed by atoms with Gasteiger partial charge in [0, 0.05) is 24.2 Å². The molecule has 0 spiro atoms. The van der Waals surface area contributed by atoms with Gasteiger partial charge in [0.2, 0.25) is 0 Å². The van der Waals surface area contributed by atoms with Gasteiger partial charge in [0.05, 0.1) is 31.0 Å². The number of halogens is 4. The van der Waals surface area contributed by atoms with Crippen LogP contribution in [0, 0.1) is 0 Å². The lowest BCUT2D eigenvalue weighted by Gasteiger charge is -2.25. The Kier molecular flexibility index (Phi) is 8.07. The Labute approximate surface area is 207 Å². The minimum atomic E-state index is -5.13. The van der Waals surface area contributed by atoms with E-state index in [1.165, 1.54) is 37.3 Å². The number of methoxy groups -OCH3 is 2. The van der Waals surface area contributed by atoms with Crippen LogP contribution in [0.1, 0.15) is 23.2 Å². The third-order valence-electron chi connectivity index (χ3n) is 5.20. The standard InChI is InChI=1S/C21H22BrF3N2O7S/c1-32-11-13-4-3-7-27(13)20(29)15-9-14(34-21(23,24)25)10-16(19(15)28)26-35(30,31)18-8-12(22)5-6-17(18)33-2/h5-6,8-10,13,26,28H,3-4,7,11H2,1-2H3/t13-/m0/s1. The zero-order valence-corrected chi connectivity index (χ0v) is 21.0. The van der Waals surface area contributed by atoms with E-state index in [1.807, 2.05) is 4.72 Å². The van der Waals surface area contributed by atoms with Gasteiger partial charge in [0.25, 0.3) is 15.9 Å². The fourth-order valence-electron chi connectivity index (χ4n) is 3.73. The summed E-state index contributed by atoms with van der Waals surface area (Å²) in [7, 11) is -1.81. The molecule has 1 heterocycles. The molecule has 2 aromatic carbocycles. The van der Waals surface area contributed by atoms with Gasteiger partial charge in [-0.3, -0.25) is 9.52 Å². The number of likely N-dealkylation sites (tertiary alicyclic amines) is 1. The van der Waals surface area contributed by atoms with Crippen molar-refractivity contribution in [1.29, 1.82) is 0 Å². The van der Waals surface area contributed by atoms with Crippen molar-refractivity contribution in [3.8, 4) is 17.2 Å². The van der Waals surface area contributed by atoms with Crippen LogP contribution in [0.15, 0.2) is 39.7 Å². The number of carbonyl (C=O) groups is 1. The number of nitrogens with one attached hydrogen (secondary N) is 1. The molecule has 0 saturated carbocycles. The Morgan fingerprint density at radius 1 is 1.26 bits per heavy atom. The number of amides is 1. The monoisotopic (exact) mass is 582 g/mol. The fraction of sp³-hybridized carbons (Fsp3) is 0.381. The topological polar surface area (TPSA) is 114 Å². The highest BCUT2D eigenvalue weighted by Crippen LogP contribution is 2.39. The summed E-state index contributed by atoms with van der Waals surface area (Å²) in [6.07, 6.45) is -3.91. The quantitative estimate of drug-likeness (QED) is 0.450. The number of hydrogen-bond donors (Lipinski definition) is 2. The molecule has 0 aromatic heterocycles. The predicted molar refractivity (Wildman–Crippen MR) is 122 cm³/mol. The van der Waals surface area contributed by atoms with E-state index in [9.17, 15) is 31.5 Å². The number of carbonyl (C=O) groups excluding carboxylic acids is 1. The maximum absolute atomic E-state index is 13.2. The zero-order chi connectivity index (χ0) is 26.0. The van der Waals surface area contributed by atoms with Crippen molar-refractivity contribution < 1.29 is 45.7 Å². The van der Waals surface area contributed by atoms with Crippen LogP contribution in [0.3, 0.4) is 0 Å². The lowest BCUT2D eigenvalue weighted by atomic mass is 10.1. The molecule has 0 bridgehead atoms. The summed E-state index contributed by atoms with van der Waals surface area (Å²) in [4.78, 5) is 14.2. The maximum atomic E-state index is 13.2. The highest BCUT2D eigenvalue weighted by molar-refractivity contribution is 9.10. The van der Waals surface area contributed by atoms with Crippen molar-refractivity contribution in [3.63, 3.8) is 0 Å². The number of phenols is 1. The molecule has 35 heavy (non-hydrogen) atoms. The molecule has 192 valence electrons. The molecule has 1 saturated heterocycles. The van der Waals surface area contributed by atoms with Gasteiger partial charge in [-0.1, -0.05) is 15.9 Å². The first kappa shape index (κ1) is 26.9. The summed E-state index contributed by atoms with van der Waals surface area (Å²) in [5.41, 5.74) is -1.24. The molecule has 1 atom stereocenters. The Bertz CT molecular complexity index is 1210. The highest BCUT2D eigenvalue weighted by Gasteiger charge is 2.35. The Morgan fingerprint density at radius 2 is 1.97 bits per heavy atom. The first-order valence-electron chi connectivity index (χ1n) is 10.2. The predicted octanol–water partition coefficient (Wildman–Crippen LogP) is 4.11. The highest BCUT2D eigenvalue weighted by atomic mass is 79.9. The van der Waals surface area contributed by atoms with Gasteiger partial charge in [0.15, 0.2) is 5.75 Å². The second-order valence-electron chi connectivity index (χ2n) is 7.57. The van der Waals surface area contributed by atoms with Gasteiger partial charge in [0.1, 0.15) is 16.4 Å². The van der Waals surface area contributed by atoms with Crippen LogP contribution in [0.5, 0.6) is 17.2 Å². The summed E-state index contributed by atoms with van der Waals surface area (Å²) in [5, 5.41) is 10.8. The second kappa shape index (κ2) is 10.5. The molecule has 0 unspecified atom stereocenters. The summed E-state index contributed by atoms with van der Waals surface area (Å²) >= 11 is 3.15. The van der Waals surface area contributed by atoms with Gasteiger partial charge in [-0.15, -0.1) is 13.2 Å². The molecular formula is C21H22BrF3N2O7S. The lowest BCUT2D eigenvalue weighted by Crippen LogP contribution is -2.38. The van der Waals surface area contributed by atoms with E-state index >= 15 is 0 Å². The van der Waals surface area contributed by atoms with Crippen LogP contribution in [0.25, 0.3) is 0 Å². The molecule has 0 radical (unpaired) electrons. The molecule has 2 aromatic rings. The molecule has 1 amide bonds. The largest absolute Gasteiger partial charge is 0.573 e. The first-order valence-corrected chi connectivity index (χ1v) is 12.4. The average molecular weight is 583 g/mol. The van der Waals surface area contributed by atoms with E-state index in [0.717, 1.165) is 0 Å². The number of hydrogen-bond acceptors (Lipinski definition) is 7. The number of alkyl halides is 3. The first-order chi connectivity index (χ1) is 16.4. The molecule has 1 fully saturated rings. The van der Waals surface area contributed by atoms with E-state index in [1.54, 1.807) is 0 Å². The maximum Gasteiger partial charge on any atom is 0.573 e. The van der Waals surface area contributed by atoms with Crippen molar-refractivity contribution in [1.82, 2.24) is 4.90 Å². The average Bonchev–Trinajstić information content (AvgIpc) is 3.22. The number of anilines is 1. The van der Waals surface area contributed by atoms with Gasteiger partial charge in [-0.2, -0.15) is 0 Å². The summed E-state index contributed by atoms with van der Waals surface area (Å²) in [6.45, 7) is 0.473. The Morgan fingerprint density at radius 3 is 2.60 bits per heavy atom. The molecule has 3 rings (SSSR count). The fourth-order valence-corrected chi connectivity index (χ4v) is 5.49. The Hall–Kier alpha value is -2.71. The number of sulfonamides is 1. The minimum Gasteiger partial charge on any atom is -0.505 e. The van der Waals surface area contributed by atoms with Crippen LogP contribution in [-0.4, -0.2) is 64.1 Å². The number of phenolic OH excluding ortho intramolecular Hbond substituents is 1. The van der Waals surface area contributed by atoms with E-state index in [4.69, 9.17) is 9.47 Å². The van der Waals surface area contributed by atoms with Gasteiger partial charge in [-0.05, 0) is 37.1 Å². The number of benzene rings is 2. The third-order valence-corrected chi connectivity index (χ3v) is 7.08. The molecule has 1 aliphatic heterocycles. The van der Waals surface area contributed by atoms with Crippen molar-refractivity contribution in [2.24, 2.45) is 0 Å². The van der Waals surface area contributed by atoms with Crippen LogP contribution >= 0.6 is 15.9 Å². The van der Waals surface area contributed by atoms with Crippen LogP contribution in [0.4, 0.5) is 18.9 Å². The molecule has 14 heteroatoms. The second-order valence-corrected chi connectivity index (χ2v) is 10.1. The van der Waals surface area contributed by atoms with E-state index in [0.29, 0.717) is 29.4 Å². The minimum absolute atomic E-state index is 0.0568. The molecule has 0 aliphatic carbocycles. The summed E-state index contributed by atoms with van der Waals surface area (Å²) < 4.78 is 81.5. The van der Waals surface area contributed by atoms with Gasteiger partial charge in [-0.25, -0.2) is 8.42 Å². The summed E-state index contributed by atoms with van der Waals surface area (Å²) in [5.74, 6) is -2.60. The van der Waals surface area contributed by atoms with Crippen LogP contribution < -0.4 is 14.2 Å². The van der Waals surface area contributed by atoms with Crippen molar-refractivity contribution in [2.75, 3.05) is 32.1 Å². The van der Waals surface area contributed by atoms with Gasteiger partial charge >= 0.3 is 6.36 Å². The van der Waals surface area contributed by atoms with E-state index in [-0.39, 0.29) is 29.8 Å². The van der Waals surface area contributed by atoms with E-state index < -0.39 is 45.0 Å².